The molecule has 2 aliphatic rings. The molecule has 0 unspecified atom stereocenters. The number of aliphatic hydroxyl groups is 1. The maximum Gasteiger partial charge on any atom is 0.0693 e. The Kier molecular flexibility index (Phi) is 2.61. The van der Waals surface area contributed by atoms with E-state index >= 15 is 0 Å². The van der Waals surface area contributed by atoms with Crippen molar-refractivity contribution in [3.8, 4) is 0 Å². The highest BCUT2D eigenvalue weighted by Gasteiger charge is 2.36. The lowest BCUT2D eigenvalue weighted by Crippen LogP contribution is -2.56. The largest absolute Gasteiger partial charge is 0.392 e. The Bertz CT molecular complexity index is 177. The van der Waals surface area contributed by atoms with Crippen LogP contribution in [0.25, 0.3) is 0 Å². The third kappa shape index (κ3) is 2.05. The summed E-state index contributed by atoms with van der Waals surface area (Å²) >= 11 is 0. The van der Waals surface area contributed by atoms with E-state index in [1.54, 1.807) is 0 Å². The average Bonchev–Trinajstić information content (AvgIpc) is 2.06. The lowest BCUT2D eigenvalue weighted by molar-refractivity contribution is 0.0567. The number of hydrogen-bond acceptors (Lipinski definition) is 2. The predicted molar refractivity (Wildman–Crippen MR) is 53.7 cm³/mol. The fraction of sp³-hybridized carbons (Fsp3) is 1.00. The lowest BCUT2D eigenvalue weighted by atomic mass is 9.77. The van der Waals surface area contributed by atoms with Crippen molar-refractivity contribution in [1.29, 1.82) is 0 Å². The van der Waals surface area contributed by atoms with Gasteiger partial charge in [-0.1, -0.05) is 12.8 Å². The van der Waals surface area contributed by atoms with Gasteiger partial charge in [0.05, 0.1) is 6.10 Å². The normalized spacial score (nSPS) is 38.3. The smallest absolute Gasteiger partial charge is 0.0693 e. The summed E-state index contributed by atoms with van der Waals surface area (Å²) < 4.78 is 0. The van der Waals surface area contributed by atoms with Crippen LogP contribution in [0.5, 0.6) is 0 Å². The molecule has 2 rings (SSSR count). The number of nitrogens with one attached hydrogen (secondary N) is 1. The molecule has 2 saturated carbocycles. The molecule has 2 heteroatoms. The van der Waals surface area contributed by atoms with Gasteiger partial charge in [0.15, 0.2) is 0 Å². The van der Waals surface area contributed by atoms with Crippen LogP contribution in [-0.2, 0) is 0 Å². The second kappa shape index (κ2) is 3.58. The summed E-state index contributed by atoms with van der Waals surface area (Å²) in [6.07, 6.45) is 8.48. The molecule has 13 heavy (non-hydrogen) atoms. The van der Waals surface area contributed by atoms with E-state index in [4.69, 9.17) is 0 Å². The molecule has 0 heterocycles. The zero-order chi connectivity index (χ0) is 9.31. The van der Waals surface area contributed by atoms with Gasteiger partial charge in [-0.2, -0.15) is 0 Å². The zero-order valence-electron chi connectivity index (χ0n) is 8.55. The van der Waals surface area contributed by atoms with Crippen LogP contribution in [0.1, 0.15) is 51.9 Å². The van der Waals surface area contributed by atoms with Crippen molar-refractivity contribution in [2.45, 2.75) is 69.6 Å². The summed E-state index contributed by atoms with van der Waals surface area (Å²) in [7, 11) is 0. The molecule has 2 fully saturated rings. The lowest BCUT2D eigenvalue weighted by Gasteiger charge is -2.44. The molecule has 0 radical (unpaired) electrons. The highest BCUT2D eigenvalue weighted by molar-refractivity contribution is 4.96. The summed E-state index contributed by atoms with van der Waals surface area (Å²) in [5.74, 6) is 0. The molecule has 2 atom stereocenters. The summed E-state index contributed by atoms with van der Waals surface area (Å²) in [4.78, 5) is 0. The van der Waals surface area contributed by atoms with Gasteiger partial charge < -0.3 is 10.4 Å². The van der Waals surface area contributed by atoms with E-state index in [0.717, 1.165) is 12.8 Å². The first kappa shape index (κ1) is 9.47. The quantitative estimate of drug-likeness (QED) is 0.684. The Morgan fingerprint density at radius 3 is 2.38 bits per heavy atom. The van der Waals surface area contributed by atoms with Crippen LogP contribution in [0.3, 0.4) is 0 Å². The van der Waals surface area contributed by atoms with E-state index in [0.29, 0.717) is 11.6 Å². The maximum atomic E-state index is 9.79. The monoisotopic (exact) mass is 183 g/mol. The van der Waals surface area contributed by atoms with Crippen LogP contribution in [0, 0.1) is 0 Å². The van der Waals surface area contributed by atoms with Crippen molar-refractivity contribution >= 4 is 0 Å². The predicted octanol–water partition coefficient (Wildman–Crippen LogP) is 1.82. The third-order valence-electron chi connectivity index (χ3n) is 3.72. The number of hydrogen-bond donors (Lipinski definition) is 2. The first-order valence-corrected chi connectivity index (χ1v) is 5.65. The van der Waals surface area contributed by atoms with Crippen molar-refractivity contribution in [1.82, 2.24) is 5.32 Å². The van der Waals surface area contributed by atoms with Crippen LogP contribution < -0.4 is 5.32 Å². The highest BCUT2D eigenvalue weighted by atomic mass is 16.3. The van der Waals surface area contributed by atoms with E-state index in [1.165, 1.54) is 32.1 Å². The minimum Gasteiger partial charge on any atom is -0.392 e. The Balaban J connectivity index is 1.85. The molecule has 0 spiro atoms. The molecular weight excluding hydrogens is 162 g/mol. The van der Waals surface area contributed by atoms with Gasteiger partial charge in [-0.25, -0.2) is 0 Å². The number of rotatable bonds is 2. The van der Waals surface area contributed by atoms with Crippen molar-refractivity contribution < 1.29 is 5.11 Å². The van der Waals surface area contributed by atoms with Gasteiger partial charge >= 0.3 is 0 Å². The minimum absolute atomic E-state index is 0.0915. The molecule has 0 bridgehead atoms. The highest BCUT2D eigenvalue weighted by Crippen LogP contribution is 2.33. The SMILES string of the molecule is CC1(N[C@@H]2CCCC[C@H]2O)CCC1. The molecule has 2 nitrogen and oxygen atoms in total. The summed E-state index contributed by atoms with van der Waals surface area (Å²) in [6, 6.07) is 0.374. The van der Waals surface area contributed by atoms with Gasteiger partial charge in [0.2, 0.25) is 0 Å². The van der Waals surface area contributed by atoms with E-state index in [1.807, 2.05) is 0 Å². The molecule has 2 aliphatic carbocycles. The van der Waals surface area contributed by atoms with E-state index in [9.17, 15) is 5.11 Å². The van der Waals surface area contributed by atoms with Gasteiger partial charge in [-0.05, 0) is 39.0 Å². The Labute approximate surface area is 80.7 Å². The average molecular weight is 183 g/mol. The first-order valence-electron chi connectivity index (χ1n) is 5.65. The molecule has 76 valence electrons. The van der Waals surface area contributed by atoms with Gasteiger partial charge in [-0.3, -0.25) is 0 Å². The summed E-state index contributed by atoms with van der Waals surface area (Å²) in [5, 5.41) is 13.4. The third-order valence-corrected chi connectivity index (χ3v) is 3.72. The van der Waals surface area contributed by atoms with Crippen LogP contribution in [0.15, 0.2) is 0 Å². The Morgan fingerprint density at radius 1 is 1.15 bits per heavy atom. The summed E-state index contributed by atoms with van der Waals surface area (Å²) in [5.41, 5.74) is 0.350. The molecule has 0 aliphatic heterocycles. The van der Waals surface area contributed by atoms with Crippen LogP contribution in [0.4, 0.5) is 0 Å². The molecule has 2 N–H and O–H groups in total. The molecule has 0 aromatic carbocycles. The van der Waals surface area contributed by atoms with Gasteiger partial charge in [0.25, 0.3) is 0 Å². The van der Waals surface area contributed by atoms with Gasteiger partial charge in [0.1, 0.15) is 0 Å². The van der Waals surface area contributed by atoms with E-state index < -0.39 is 0 Å². The standard InChI is InChI=1S/C11H21NO/c1-11(7-4-8-11)12-9-5-2-3-6-10(9)13/h9-10,12-13H,2-8H2,1H3/t9-,10-/m1/s1. The first-order chi connectivity index (χ1) is 6.20. The molecule has 0 aromatic rings. The fourth-order valence-corrected chi connectivity index (χ4v) is 2.58. The Hall–Kier alpha value is -0.0800. The van der Waals surface area contributed by atoms with Gasteiger partial charge in [0, 0.05) is 11.6 Å². The van der Waals surface area contributed by atoms with Crippen molar-refractivity contribution in [3.63, 3.8) is 0 Å². The summed E-state index contributed by atoms with van der Waals surface area (Å²) in [6.45, 7) is 2.29. The topological polar surface area (TPSA) is 32.3 Å². The van der Waals surface area contributed by atoms with Crippen molar-refractivity contribution in [2.75, 3.05) is 0 Å². The van der Waals surface area contributed by atoms with E-state index in [-0.39, 0.29) is 6.10 Å². The molecule has 0 saturated heterocycles. The number of aliphatic hydroxyl groups excluding tert-OH is 1. The second-order valence-electron chi connectivity index (χ2n) is 5.02. The maximum absolute atomic E-state index is 9.79. The van der Waals surface area contributed by atoms with Crippen LogP contribution in [-0.4, -0.2) is 22.8 Å². The second-order valence-corrected chi connectivity index (χ2v) is 5.02. The Morgan fingerprint density at radius 2 is 1.85 bits per heavy atom. The van der Waals surface area contributed by atoms with Gasteiger partial charge in [-0.15, -0.1) is 0 Å². The van der Waals surface area contributed by atoms with Crippen molar-refractivity contribution in [3.05, 3.63) is 0 Å². The van der Waals surface area contributed by atoms with Crippen molar-refractivity contribution in [2.24, 2.45) is 0 Å². The van der Waals surface area contributed by atoms with Crippen LogP contribution >= 0.6 is 0 Å². The minimum atomic E-state index is -0.0915. The fourth-order valence-electron chi connectivity index (χ4n) is 2.58. The van der Waals surface area contributed by atoms with Crippen LogP contribution in [0.2, 0.25) is 0 Å². The van der Waals surface area contributed by atoms with E-state index in [2.05, 4.69) is 12.2 Å². The molecule has 0 amide bonds. The zero-order valence-corrected chi connectivity index (χ0v) is 8.55. The molecule has 0 aromatic heterocycles. The molecular formula is C11H21NO.